The van der Waals surface area contributed by atoms with E-state index in [1.54, 1.807) is 13.8 Å². The third kappa shape index (κ3) is 1.50. The number of likely N-dealkylation sites (tertiary alicyclic amines) is 1. The first kappa shape index (κ1) is 11.0. The number of nitrogens with zero attached hydrogens (tertiary/aromatic N) is 1. The fourth-order valence-corrected chi connectivity index (χ4v) is 4.25. The lowest BCUT2D eigenvalue weighted by atomic mass is 9.97. The highest BCUT2D eigenvalue weighted by molar-refractivity contribution is 7.93. The average molecular weight is 205 g/mol. The van der Waals surface area contributed by atoms with Crippen LogP contribution in [0.2, 0.25) is 0 Å². The molecule has 0 spiro atoms. The second-order valence-corrected chi connectivity index (χ2v) is 7.20. The Morgan fingerprint density at radius 3 is 2.08 bits per heavy atom. The van der Waals surface area contributed by atoms with Gasteiger partial charge in [0.2, 0.25) is 0 Å². The van der Waals surface area contributed by atoms with Crippen molar-refractivity contribution < 1.29 is 8.42 Å². The summed E-state index contributed by atoms with van der Waals surface area (Å²) in [5.41, 5.74) is 0. The van der Waals surface area contributed by atoms with Crippen molar-refractivity contribution in [3.05, 3.63) is 0 Å². The molecule has 0 aromatic heterocycles. The van der Waals surface area contributed by atoms with Crippen molar-refractivity contribution >= 4 is 9.84 Å². The maximum Gasteiger partial charge on any atom is 0.160 e. The van der Waals surface area contributed by atoms with E-state index in [-0.39, 0.29) is 5.25 Å². The van der Waals surface area contributed by atoms with E-state index in [4.69, 9.17) is 0 Å². The van der Waals surface area contributed by atoms with Gasteiger partial charge in [0.1, 0.15) is 0 Å². The topological polar surface area (TPSA) is 37.4 Å². The van der Waals surface area contributed by atoms with E-state index in [1.165, 1.54) is 0 Å². The van der Waals surface area contributed by atoms with Gasteiger partial charge in [-0.25, -0.2) is 8.42 Å². The van der Waals surface area contributed by atoms with E-state index < -0.39 is 14.6 Å². The van der Waals surface area contributed by atoms with Gasteiger partial charge in [-0.05, 0) is 27.3 Å². The Morgan fingerprint density at radius 1 is 1.38 bits per heavy atom. The van der Waals surface area contributed by atoms with E-state index in [2.05, 4.69) is 4.90 Å². The molecule has 0 amide bonds. The zero-order chi connectivity index (χ0) is 10.3. The van der Waals surface area contributed by atoms with Crippen LogP contribution in [0.4, 0.5) is 0 Å². The Labute approximate surface area is 81.0 Å². The van der Waals surface area contributed by atoms with Crippen LogP contribution >= 0.6 is 0 Å². The molecule has 3 nitrogen and oxygen atoms in total. The van der Waals surface area contributed by atoms with Crippen LogP contribution in [-0.2, 0) is 9.84 Å². The van der Waals surface area contributed by atoms with Crippen LogP contribution < -0.4 is 0 Å². The Morgan fingerprint density at radius 2 is 1.85 bits per heavy atom. The standard InChI is InChI=1S/C9H19NO2S/c1-5-9(6-10(4)7-9)13(11,12)8(2)3/h8H,5-7H2,1-4H3. The first-order chi connectivity index (χ1) is 5.85. The zero-order valence-corrected chi connectivity index (χ0v) is 9.69. The summed E-state index contributed by atoms with van der Waals surface area (Å²) in [6.45, 7) is 6.90. The summed E-state index contributed by atoms with van der Waals surface area (Å²) in [5, 5.41) is -0.249. The fourth-order valence-electron chi connectivity index (χ4n) is 2.04. The quantitative estimate of drug-likeness (QED) is 0.687. The predicted molar refractivity (Wildman–Crippen MR) is 54.6 cm³/mol. The molecular formula is C9H19NO2S. The van der Waals surface area contributed by atoms with Crippen molar-refractivity contribution in [3.8, 4) is 0 Å². The van der Waals surface area contributed by atoms with E-state index in [1.807, 2.05) is 14.0 Å². The summed E-state index contributed by atoms with van der Waals surface area (Å²) in [6.07, 6.45) is 0.734. The number of rotatable bonds is 3. The van der Waals surface area contributed by atoms with Crippen LogP contribution in [0.3, 0.4) is 0 Å². The van der Waals surface area contributed by atoms with Crippen LogP contribution in [0.15, 0.2) is 0 Å². The first-order valence-corrected chi connectivity index (χ1v) is 6.32. The molecular weight excluding hydrogens is 186 g/mol. The number of hydrogen-bond donors (Lipinski definition) is 0. The summed E-state index contributed by atoms with van der Waals surface area (Å²) < 4.78 is 23.5. The third-order valence-corrected chi connectivity index (χ3v) is 5.98. The van der Waals surface area contributed by atoms with E-state index in [0.29, 0.717) is 13.1 Å². The molecule has 0 bridgehead atoms. The number of sulfone groups is 1. The highest BCUT2D eigenvalue weighted by Crippen LogP contribution is 2.34. The van der Waals surface area contributed by atoms with Gasteiger partial charge >= 0.3 is 0 Å². The molecule has 1 saturated heterocycles. The zero-order valence-electron chi connectivity index (χ0n) is 8.87. The van der Waals surface area contributed by atoms with Gasteiger partial charge in [-0.1, -0.05) is 6.92 Å². The van der Waals surface area contributed by atoms with Crippen LogP contribution in [0.25, 0.3) is 0 Å². The van der Waals surface area contributed by atoms with Gasteiger partial charge in [-0.3, -0.25) is 0 Å². The fraction of sp³-hybridized carbons (Fsp3) is 1.00. The summed E-state index contributed by atoms with van der Waals surface area (Å²) in [6, 6.07) is 0. The van der Waals surface area contributed by atoms with Gasteiger partial charge < -0.3 is 4.90 Å². The van der Waals surface area contributed by atoms with Gasteiger partial charge in [0.25, 0.3) is 0 Å². The Hall–Kier alpha value is -0.0900. The minimum Gasteiger partial charge on any atom is -0.303 e. The molecule has 0 unspecified atom stereocenters. The van der Waals surface area contributed by atoms with Crippen molar-refractivity contribution in [2.75, 3.05) is 20.1 Å². The van der Waals surface area contributed by atoms with Crippen LogP contribution in [0.1, 0.15) is 27.2 Å². The SMILES string of the molecule is CCC1(S(=O)(=O)C(C)C)CN(C)C1. The lowest BCUT2D eigenvalue weighted by Gasteiger charge is -2.48. The monoisotopic (exact) mass is 205 g/mol. The molecule has 0 aliphatic carbocycles. The first-order valence-electron chi connectivity index (χ1n) is 4.78. The molecule has 4 heteroatoms. The van der Waals surface area contributed by atoms with Gasteiger partial charge in [0, 0.05) is 13.1 Å². The molecule has 1 heterocycles. The summed E-state index contributed by atoms with van der Waals surface area (Å²) in [7, 11) is -0.964. The summed E-state index contributed by atoms with van der Waals surface area (Å²) in [5.74, 6) is 0. The normalized spacial score (nSPS) is 23.2. The van der Waals surface area contributed by atoms with Gasteiger partial charge in [-0.15, -0.1) is 0 Å². The molecule has 0 atom stereocenters. The van der Waals surface area contributed by atoms with Crippen molar-refractivity contribution in [3.63, 3.8) is 0 Å². The van der Waals surface area contributed by atoms with Crippen LogP contribution in [-0.4, -0.2) is 43.5 Å². The second-order valence-electron chi connectivity index (χ2n) is 4.30. The maximum absolute atomic E-state index is 12.0. The molecule has 1 aliphatic heterocycles. The third-order valence-electron chi connectivity index (χ3n) is 2.98. The molecule has 1 fully saturated rings. The van der Waals surface area contributed by atoms with Gasteiger partial charge in [-0.2, -0.15) is 0 Å². The lowest BCUT2D eigenvalue weighted by molar-refractivity contribution is 0.150. The van der Waals surface area contributed by atoms with Crippen molar-refractivity contribution in [2.24, 2.45) is 0 Å². The second kappa shape index (κ2) is 3.24. The highest BCUT2D eigenvalue weighted by atomic mass is 32.2. The largest absolute Gasteiger partial charge is 0.303 e. The highest BCUT2D eigenvalue weighted by Gasteiger charge is 2.51. The van der Waals surface area contributed by atoms with E-state index >= 15 is 0 Å². The molecule has 78 valence electrons. The summed E-state index contributed by atoms with van der Waals surface area (Å²) >= 11 is 0. The molecule has 1 aliphatic rings. The van der Waals surface area contributed by atoms with Gasteiger partial charge in [0.15, 0.2) is 9.84 Å². The smallest absolute Gasteiger partial charge is 0.160 e. The van der Waals surface area contributed by atoms with Crippen molar-refractivity contribution in [2.45, 2.75) is 37.2 Å². The van der Waals surface area contributed by atoms with E-state index in [9.17, 15) is 8.42 Å². The van der Waals surface area contributed by atoms with E-state index in [0.717, 1.165) is 6.42 Å². The predicted octanol–water partition coefficient (Wildman–Crippen LogP) is 0.904. The number of hydrogen-bond acceptors (Lipinski definition) is 3. The lowest BCUT2D eigenvalue weighted by Crippen LogP contribution is -2.65. The molecule has 0 N–H and O–H groups in total. The Bertz CT molecular complexity index is 276. The maximum atomic E-state index is 12.0. The molecule has 0 aromatic carbocycles. The Balaban J connectivity index is 2.92. The minimum atomic E-state index is -2.93. The molecule has 0 aromatic rings. The minimum absolute atomic E-state index is 0.249. The summed E-state index contributed by atoms with van der Waals surface area (Å²) in [4.78, 5) is 2.06. The van der Waals surface area contributed by atoms with Crippen LogP contribution in [0.5, 0.6) is 0 Å². The molecule has 0 radical (unpaired) electrons. The molecule has 1 rings (SSSR count). The van der Waals surface area contributed by atoms with Crippen molar-refractivity contribution in [1.29, 1.82) is 0 Å². The van der Waals surface area contributed by atoms with Crippen LogP contribution in [0, 0.1) is 0 Å². The Kier molecular flexibility index (Phi) is 2.74. The molecule has 13 heavy (non-hydrogen) atoms. The van der Waals surface area contributed by atoms with Crippen molar-refractivity contribution in [1.82, 2.24) is 4.90 Å². The molecule has 0 saturated carbocycles. The van der Waals surface area contributed by atoms with Gasteiger partial charge in [0.05, 0.1) is 10.00 Å². The average Bonchev–Trinajstić information content (AvgIpc) is 1.97.